The number of benzene rings is 3. The maximum atomic E-state index is 10.4. The molecule has 0 saturated carbocycles. The van der Waals surface area contributed by atoms with E-state index in [2.05, 4.69) is 24.1 Å². The van der Waals surface area contributed by atoms with Gasteiger partial charge in [-0.3, -0.25) is 4.79 Å². The molecule has 1 N–H and O–H groups in total. The average Bonchev–Trinajstić information content (AvgIpc) is 3.16. The summed E-state index contributed by atoms with van der Waals surface area (Å²) < 4.78 is 31.3. The number of nitrogens with zero attached hydrogens (tertiary/aromatic N) is 1. The summed E-state index contributed by atoms with van der Waals surface area (Å²) in [4.78, 5) is 23.2. The van der Waals surface area contributed by atoms with Crippen LogP contribution in [0.2, 0.25) is 0 Å². The molecule has 274 valence electrons. The van der Waals surface area contributed by atoms with Crippen LogP contribution in [0.3, 0.4) is 0 Å². The molecule has 3 aromatic rings. The molecule has 1 aliphatic rings. The number of ether oxygens (including phenoxy) is 6. The highest BCUT2D eigenvalue weighted by molar-refractivity contribution is 5.60. The van der Waals surface area contributed by atoms with Crippen LogP contribution in [0.25, 0.3) is 0 Å². The van der Waals surface area contributed by atoms with Crippen LogP contribution in [0.4, 0.5) is 0 Å². The zero-order valence-electron chi connectivity index (χ0n) is 31.1. The fraction of sp³-hybridized carbons (Fsp3) is 0.487. The fourth-order valence-electron chi connectivity index (χ4n) is 4.86. The quantitative estimate of drug-likeness (QED) is 0.185. The van der Waals surface area contributed by atoms with Crippen molar-refractivity contribution >= 4 is 12.6 Å². The van der Waals surface area contributed by atoms with Gasteiger partial charge in [-0.15, -0.1) is 0 Å². The normalized spacial score (nSPS) is 11.6. The van der Waals surface area contributed by atoms with Crippen LogP contribution in [0, 0.1) is 0 Å². The number of aliphatic hydroxyl groups excluding tert-OH is 1. The van der Waals surface area contributed by atoms with Gasteiger partial charge in [0.05, 0.1) is 35.5 Å². The minimum Gasteiger partial charge on any atom is -0.493 e. The van der Waals surface area contributed by atoms with E-state index in [0.29, 0.717) is 23.7 Å². The molecule has 10 nitrogen and oxygen atoms in total. The Kier molecular flexibility index (Phi) is 26.2. The van der Waals surface area contributed by atoms with Gasteiger partial charge in [-0.25, -0.2) is 0 Å². The summed E-state index contributed by atoms with van der Waals surface area (Å²) in [6, 6.07) is 17.4. The summed E-state index contributed by atoms with van der Waals surface area (Å²) in [7, 11) is 11.1. The molecule has 10 heteroatoms. The smallest absolute Gasteiger partial charge is 0.203 e. The Hall–Kier alpha value is -4.28. The lowest BCUT2D eigenvalue weighted by Crippen LogP contribution is -2.24. The Morgan fingerprint density at radius 1 is 0.653 bits per heavy atom. The van der Waals surface area contributed by atoms with E-state index in [1.54, 1.807) is 47.7 Å². The van der Waals surface area contributed by atoms with Crippen molar-refractivity contribution < 1.29 is 43.1 Å². The second kappa shape index (κ2) is 28.7. The van der Waals surface area contributed by atoms with Crippen molar-refractivity contribution in [1.29, 1.82) is 0 Å². The molecule has 1 heterocycles. The highest BCUT2D eigenvalue weighted by Crippen LogP contribution is 2.38. The number of aryl methyl sites for hydroxylation is 2. The third-order valence-electron chi connectivity index (χ3n) is 7.22. The minimum absolute atomic E-state index is 0.0924. The van der Waals surface area contributed by atoms with E-state index in [9.17, 15) is 9.59 Å². The van der Waals surface area contributed by atoms with E-state index >= 15 is 0 Å². The third kappa shape index (κ3) is 17.6. The van der Waals surface area contributed by atoms with Crippen LogP contribution in [-0.4, -0.2) is 92.0 Å². The molecule has 0 radical (unpaired) electrons. The molecule has 1 aliphatic heterocycles. The molecule has 4 rings (SSSR count). The molecule has 0 unspecified atom stereocenters. The van der Waals surface area contributed by atoms with Gasteiger partial charge in [0.15, 0.2) is 29.3 Å². The predicted octanol–water partition coefficient (Wildman–Crippen LogP) is 6.65. The lowest BCUT2D eigenvalue weighted by atomic mass is 10.0. The van der Waals surface area contributed by atoms with Gasteiger partial charge >= 0.3 is 0 Å². The second-order valence-corrected chi connectivity index (χ2v) is 10.4. The molecule has 0 bridgehead atoms. The van der Waals surface area contributed by atoms with E-state index < -0.39 is 0 Å². The van der Waals surface area contributed by atoms with Crippen LogP contribution in [0.1, 0.15) is 56.2 Å². The Morgan fingerprint density at radius 3 is 1.67 bits per heavy atom. The van der Waals surface area contributed by atoms with Crippen LogP contribution >= 0.6 is 0 Å². The molecule has 0 atom stereocenters. The summed E-state index contributed by atoms with van der Waals surface area (Å²) in [5.41, 5.74) is 3.25. The van der Waals surface area contributed by atoms with E-state index in [1.165, 1.54) is 43.5 Å². The zero-order valence-corrected chi connectivity index (χ0v) is 31.1. The van der Waals surface area contributed by atoms with Gasteiger partial charge in [-0.1, -0.05) is 38.5 Å². The monoisotopic (exact) mass is 685 g/mol. The number of hydrogen-bond donors (Lipinski definition) is 1. The van der Waals surface area contributed by atoms with Crippen LogP contribution in [0.5, 0.6) is 34.5 Å². The van der Waals surface area contributed by atoms with Crippen molar-refractivity contribution in [2.24, 2.45) is 0 Å². The summed E-state index contributed by atoms with van der Waals surface area (Å²) in [6.45, 7) is 6.73. The molecule has 0 amide bonds. The van der Waals surface area contributed by atoms with E-state index in [4.69, 9.17) is 33.5 Å². The second-order valence-electron chi connectivity index (χ2n) is 10.4. The first-order valence-electron chi connectivity index (χ1n) is 16.6. The van der Waals surface area contributed by atoms with E-state index in [-0.39, 0.29) is 6.61 Å². The number of aldehydes is 2. The molecule has 1 saturated heterocycles. The Labute approximate surface area is 294 Å². The lowest BCUT2D eigenvalue weighted by Gasteiger charge is -2.20. The van der Waals surface area contributed by atoms with Gasteiger partial charge in [0, 0.05) is 13.5 Å². The zero-order chi connectivity index (χ0) is 36.9. The largest absolute Gasteiger partial charge is 0.493 e. The van der Waals surface area contributed by atoms with Gasteiger partial charge in [0.2, 0.25) is 5.75 Å². The standard InChI is InChI=1S/C19H22O4.C11H14O4.C6H13N.C2H6.CH4O/c1-21-18-10-9-16(14-19(18)22-2)6-3-5-15-7-4-8-17(13-15)23-12-11-20;1-13-9-6-8(4-5-12)7-10(14-2)11(9)15-3;1-7-5-3-2-4-6-7;2*1-2/h4,7-11,13-14H,3,5-6,12H2,1-2H3;5-7H,4H2,1-3H3;2-6H2,1H3;1-2H3;2H,1H3. The molecule has 3 aromatic carbocycles. The molecule has 0 aromatic heterocycles. The topological polar surface area (TPSA) is 113 Å². The van der Waals surface area contributed by atoms with Crippen molar-refractivity contribution in [1.82, 2.24) is 4.90 Å². The molecule has 49 heavy (non-hydrogen) atoms. The summed E-state index contributed by atoms with van der Waals surface area (Å²) >= 11 is 0. The molecule has 0 aliphatic carbocycles. The third-order valence-corrected chi connectivity index (χ3v) is 7.22. The Balaban J connectivity index is 0.000000755. The number of carbonyl (C=O) groups is 2. The van der Waals surface area contributed by atoms with Crippen LogP contribution < -0.4 is 28.4 Å². The van der Waals surface area contributed by atoms with E-state index in [0.717, 1.165) is 61.8 Å². The number of rotatable bonds is 14. The number of likely N-dealkylation sites (tertiary alicyclic amines) is 1. The Bertz CT molecular complexity index is 1270. The van der Waals surface area contributed by atoms with Gasteiger partial charge in [-0.2, -0.15) is 0 Å². The predicted molar refractivity (Wildman–Crippen MR) is 196 cm³/mol. The lowest BCUT2D eigenvalue weighted by molar-refractivity contribution is -0.109. The van der Waals surface area contributed by atoms with Gasteiger partial charge in [-0.05, 0) is 105 Å². The van der Waals surface area contributed by atoms with Crippen LogP contribution in [-0.2, 0) is 28.9 Å². The average molecular weight is 686 g/mol. The number of methoxy groups -OCH3 is 5. The molecular formula is C39H59NO9. The van der Waals surface area contributed by atoms with Crippen molar-refractivity contribution in [3.63, 3.8) is 0 Å². The first-order valence-corrected chi connectivity index (χ1v) is 16.6. The summed E-state index contributed by atoms with van der Waals surface area (Å²) in [5.74, 6) is 3.91. The first-order chi connectivity index (χ1) is 23.9. The van der Waals surface area contributed by atoms with Crippen molar-refractivity contribution in [3.05, 3.63) is 71.3 Å². The fourth-order valence-corrected chi connectivity index (χ4v) is 4.86. The molecular weight excluding hydrogens is 626 g/mol. The van der Waals surface area contributed by atoms with Gasteiger partial charge in [0.1, 0.15) is 18.6 Å². The number of carbonyl (C=O) groups excluding carboxylic acids is 2. The van der Waals surface area contributed by atoms with Crippen molar-refractivity contribution in [2.75, 3.05) is 69.4 Å². The molecule has 0 spiro atoms. The number of aliphatic hydroxyl groups is 1. The number of hydrogen-bond acceptors (Lipinski definition) is 10. The van der Waals surface area contributed by atoms with Crippen molar-refractivity contribution in [3.8, 4) is 34.5 Å². The first kappa shape index (κ1) is 44.7. The highest BCUT2D eigenvalue weighted by Gasteiger charge is 2.12. The van der Waals surface area contributed by atoms with Crippen LogP contribution in [0.15, 0.2) is 54.6 Å². The van der Waals surface area contributed by atoms with Gasteiger partial charge in [0.25, 0.3) is 0 Å². The highest BCUT2D eigenvalue weighted by atomic mass is 16.5. The van der Waals surface area contributed by atoms with Crippen molar-refractivity contribution in [2.45, 2.75) is 58.8 Å². The maximum Gasteiger partial charge on any atom is 0.203 e. The van der Waals surface area contributed by atoms with E-state index in [1.807, 2.05) is 44.2 Å². The maximum absolute atomic E-state index is 10.4. The minimum atomic E-state index is 0.0924. The van der Waals surface area contributed by atoms with Gasteiger partial charge < -0.3 is 43.2 Å². The summed E-state index contributed by atoms with van der Waals surface area (Å²) in [5, 5.41) is 7.00. The molecule has 1 fully saturated rings. The Morgan fingerprint density at radius 2 is 1.20 bits per heavy atom. The number of piperidine rings is 1. The summed E-state index contributed by atoms with van der Waals surface area (Å²) in [6.07, 6.45) is 9.12. The SMILES string of the molecule is CC.CN1CCCCC1.CO.COc1cc(CC=O)cc(OC)c1OC.COc1ccc(CCCc2cccc(OCC=O)c2)cc1OC.